The van der Waals surface area contributed by atoms with E-state index in [1.807, 2.05) is 32.0 Å². The van der Waals surface area contributed by atoms with Crippen molar-refractivity contribution in [2.75, 3.05) is 6.54 Å². The molecule has 1 aromatic carbocycles. The summed E-state index contributed by atoms with van der Waals surface area (Å²) in [6, 6.07) is -0.0268. The Morgan fingerprint density at radius 2 is 1.38 bits per heavy atom. The van der Waals surface area contributed by atoms with Gasteiger partial charge in [-0.05, 0) is 62.6 Å². The third kappa shape index (κ3) is 13.6. The molecule has 2 aromatic rings. The molecule has 0 radical (unpaired) electrons. The normalized spacial score (nSPS) is 14.8. The molecule has 0 unspecified atom stereocenters. The number of carbonyl (C=O) groups excluding carboxylic acids is 6. The Morgan fingerprint density at radius 1 is 0.769 bits per heavy atom. The van der Waals surface area contributed by atoms with Gasteiger partial charge in [-0.2, -0.15) is 0 Å². The number of primary amides is 1. The standard InChI is InChI=1S/C35H55N9O8/c1-18(2)14-23(37)31(47)40-20(5)30(46)42-26(15-21-17-39-24-11-7-6-10-22(21)24)32(48)43-27(16-28(38)45)33(49)44-29(19(3)4)34(50)41-25(35(51)52)12-8-9-13-36/h6-7,10-11,17-20,23,25-27,29,39H,8-9,12-16,36-37H2,1-5H3,(H2,38,45)(H,40,47)(H,41,50)(H,42,46)(H,43,48)(H,44,49)(H,51,52)/t20-,23-,25-,26-,27-,29-/m0/s1. The molecule has 0 spiro atoms. The maximum absolute atomic E-state index is 13.9. The Bertz CT molecular complexity index is 1560. The summed E-state index contributed by atoms with van der Waals surface area (Å²) in [5, 5.41) is 23.0. The second kappa shape index (κ2) is 20.7. The minimum atomic E-state index is -1.58. The number of hydrogen-bond acceptors (Lipinski definition) is 9. The van der Waals surface area contributed by atoms with Crippen molar-refractivity contribution in [3.05, 3.63) is 36.0 Å². The minimum Gasteiger partial charge on any atom is -0.480 e. The Balaban J connectivity index is 2.32. The summed E-state index contributed by atoms with van der Waals surface area (Å²) in [7, 11) is 0. The van der Waals surface area contributed by atoms with Gasteiger partial charge in [0.1, 0.15) is 30.2 Å². The van der Waals surface area contributed by atoms with E-state index in [0.29, 0.717) is 31.4 Å². The zero-order valence-corrected chi connectivity index (χ0v) is 30.5. The molecule has 1 aromatic heterocycles. The maximum atomic E-state index is 13.9. The summed E-state index contributed by atoms with van der Waals surface area (Å²) < 4.78 is 0. The van der Waals surface area contributed by atoms with Crippen molar-refractivity contribution < 1.29 is 38.7 Å². The largest absolute Gasteiger partial charge is 0.480 e. The first kappa shape index (κ1) is 43.1. The molecule has 288 valence electrons. The lowest BCUT2D eigenvalue weighted by Gasteiger charge is -2.27. The summed E-state index contributed by atoms with van der Waals surface area (Å²) in [5.74, 6) is -6.42. The smallest absolute Gasteiger partial charge is 0.326 e. The number of carboxylic acids is 1. The van der Waals surface area contributed by atoms with Crippen LogP contribution in [0.3, 0.4) is 0 Å². The third-order valence-corrected chi connectivity index (χ3v) is 8.39. The number of unbranched alkanes of at least 4 members (excludes halogenated alkanes) is 1. The van der Waals surface area contributed by atoms with Gasteiger partial charge >= 0.3 is 5.97 Å². The fourth-order valence-corrected chi connectivity index (χ4v) is 5.51. The highest BCUT2D eigenvalue weighted by Gasteiger charge is 2.34. The van der Waals surface area contributed by atoms with Crippen LogP contribution in [0.1, 0.15) is 72.3 Å². The van der Waals surface area contributed by atoms with Crippen LogP contribution in [0.4, 0.5) is 0 Å². The van der Waals surface area contributed by atoms with Crippen LogP contribution in [0.5, 0.6) is 0 Å². The summed E-state index contributed by atoms with van der Waals surface area (Å²) in [4.78, 5) is 93.6. The second-order valence-electron chi connectivity index (χ2n) is 13.7. The summed E-state index contributed by atoms with van der Waals surface area (Å²) in [5.41, 5.74) is 18.3. The lowest BCUT2D eigenvalue weighted by atomic mass is 10.0. The number of fused-ring (bicyclic) bond motifs is 1. The molecule has 0 aliphatic carbocycles. The summed E-state index contributed by atoms with van der Waals surface area (Å²) >= 11 is 0. The lowest BCUT2D eigenvalue weighted by Crippen LogP contribution is -2.60. The van der Waals surface area contributed by atoms with Crippen LogP contribution in [0.15, 0.2) is 30.5 Å². The van der Waals surface area contributed by atoms with Crippen molar-refractivity contribution in [3.63, 3.8) is 0 Å². The predicted molar refractivity (Wildman–Crippen MR) is 194 cm³/mol. The Labute approximate surface area is 303 Å². The minimum absolute atomic E-state index is 0.0578. The first-order valence-electron chi connectivity index (χ1n) is 17.5. The van der Waals surface area contributed by atoms with E-state index in [1.165, 1.54) is 6.92 Å². The van der Waals surface area contributed by atoms with Gasteiger partial charge in [0.25, 0.3) is 0 Å². The van der Waals surface area contributed by atoms with Crippen LogP contribution in [0.2, 0.25) is 0 Å². The van der Waals surface area contributed by atoms with E-state index in [1.54, 1.807) is 26.1 Å². The Kier molecular flexibility index (Phi) is 17.2. The van der Waals surface area contributed by atoms with Crippen molar-refractivity contribution in [3.8, 4) is 0 Å². The molecule has 52 heavy (non-hydrogen) atoms. The van der Waals surface area contributed by atoms with Crippen LogP contribution in [-0.2, 0) is 40.0 Å². The van der Waals surface area contributed by atoms with Crippen molar-refractivity contribution >= 4 is 52.3 Å². The lowest BCUT2D eigenvalue weighted by molar-refractivity contribution is -0.143. The van der Waals surface area contributed by atoms with Crippen LogP contribution in [0, 0.1) is 11.8 Å². The SMILES string of the molecule is CC(C)C[C@H](N)C(=O)N[C@@H](C)C(=O)N[C@@H](Cc1c[nH]c2ccccc12)C(=O)N[C@@H](CC(N)=O)C(=O)N[C@H](C(=O)N[C@@H](CCCCN)C(=O)O)C(C)C. The van der Waals surface area contributed by atoms with Crippen molar-refractivity contribution in [2.45, 2.75) is 109 Å². The highest BCUT2D eigenvalue weighted by atomic mass is 16.4. The number of amides is 6. The third-order valence-electron chi connectivity index (χ3n) is 8.39. The van der Waals surface area contributed by atoms with Gasteiger partial charge in [-0.25, -0.2) is 4.79 Å². The highest BCUT2D eigenvalue weighted by Crippen LogP contribution is 2.19. The number of hydrogen-bond donors (Lipinski definition) is 10. The topological polar surface area (TPSA) is 294 Å². The van der Waals surface area contributed by atoms with Gasteiger partial charge in [0.05, 0.1) is 12.5 Å². The molecule has 0 aliphatic rings. The number of rotatable bonds is 22. The van der Waals surface area contributed by atoms with E-state index in [4.69, 9.17) is 17.2 Å². The average Bonchev–Trinajstić information content (AvgIpc) is 3.47. The molecule has 17 heteroatoms. The first-order valence-corrected chi connectivity index (χ1v) is 17.5. The molecule has 0 bridgehead atoms. The fourth-order valence-electron chi connectivity index (χ4n) is 5.51. The number of H-pyrrole nitrogens is 1. The number of benzene rings is 1. The quantitative estimate of drug-likeness (QED) is 0.0678. The van der Waals surface area contributed by atoms with Gasteiger partial charge in [0.15, 0.2) is 0 Å². The number of aliphatic carboxylic acids is 1. The van der Waals surface area contributed by atoms with Gasteiger partial charge in [0.2, 0.25) is 35.4 Å². The molecule has 2 rings (SSSR count). The molecule has 13 N–H and O–H groups in total. The van der Waals surface area contributed by atoms with E-state index < -0.39 is 90.0 Å². The van der Waals surface area contributed by atoms with Gasteiger partial charge in [-0.1, -0.05) is 45.9 Å². The van der Waals surface area contributed by atoms with Crippen LogP contribution in [-0.4, -0.2) is 94.3 Å². The van der Waals surface area contributed by atoms with Gasteiger partial charge in [-0.15, -0.1) is 0 Å². The molecule has 6 atom stereocenters. The molecule has 0 saturated carbocycles. The first-order chi connectivity index (χ1) is 24.4. The van der Waals surface area contributed by atoms with Gasteiger partial charge < -0.3 is 53.9 Å². The average molecular weight is 730 g/mol. The van der Waals surface area contributed by atoms with Crippen LogP contribution >= 0.6 is 0 Å². The molecule has 0 saturated heterocycles. The number of carbonyl (C=O) groups is 7. The summed E-state index contributed by atoms with van der Waals surface area (Å²) in [6.07, 6.45) is 2.48. The van der Waals surface area contributed by atoms with Gasteiger partial charge in [0, 0.05) is 23.5 Å². The Hall–Kier alpha value is -5.03. The van der Waals surface area contributed by atoms with Crippen LogP contribution in [0.25, 0.3) is 10.9 Å². The van der Waals surface area contributed by atoms with Crippen molar-refractivity contribution in [1.29, 1.82) is 0 Å². The van der Waals surface area contributed by atoms with Crippen LogP contribution < -0.4 is 43.8 Å². The van der Waals surface area contributed by atoms with E-state index in [9.17, 15) is 38.7 Å². The van der Waals surface area contributed by atoms with E-state index in [-0.39, 0.29) is 18.8 Å². The summed E-state index contributed by atoms with van der Waals surface area (Å²) in [6.45, 7) is 8.84. The molecular weight excluding hydrogens is 674 g/mol. The molecular formula is C35H55N9O8. The second-order valence-corrected chi connectivity index (χ2v) is 13.7. The number of para-hydroxylation sites is 1. The molecule has 6 amide bonds. The predicted octanol–water partition coefficient (Wildman–Crippen LogP) is -0.727. The zero-order chi connectivity index (χ0) is 39.1. The van der Waals surface area contributed by atoms with Crippen molar-refractivity contribution in [1.82, 2.24) is 31.6 Å². The number of aromatic amines is 1. The molecule has 0 aliphatic heterocycles. The number of carboxylic acid groups (broad SMARTS) is 1. The van der Waals surface area contributed by atoms with Crippen molar-refractivity contribution in [2.24, 2.45) is 29.0 Å². The van der Waals surface area contributed by atoms with Gasteiger partial charge in [-0.3, -0.25) is 28.8 Å². The zero-order valence-electron chi connectivity index (χ0n) is 30.5. The highest BCUT2D eigenvalue weighted by molar-refractivity contribution is 5.98. The maximum Gasteiger partial charge on any atom is 0.326 e. The van der Waals surface area contributed by atoms with E-state index in [2.05, 4.69) is 31.6 Å². The fraction of sp³-hybridized carbons (Fsp3) is 0.571. The monoisotopic (exact) mass is 729 g/mol. The number of nitrogens with two attached hydrogens (primary N) is 3. The van der Waals surface area contributed by atoms with E-state index in [0.717, 1.165) is 10.9 Å². The Morgan fingerprint density at radius 3 is 1.98 bits per heavy atom. The molecule has 17 nitrogen and oxygen atoms in total. The number of nitrogens with one attached hydrogen (secondary N) is 6. The molecule has 1 heterocycles. The number of aromatic nitrogens is 1. The van der Waals surface area contributed by atoms with E-state index >= 15 is 0 Å². The molecule has 0 fully saturated rings.